The Morgan fingerprint density at radius 3 is 2.64 bits per heavy atom. The molecule has 6 aromatic rings. The summed E-state index contributed by atoms with van der Waals surface area (Å²) in [6.45, 7) is 5.23. The van der Waals surface area contributed by atoms with E-state index in [1.165, 1.54) is 12.1 Å². The minimum absolute atomic E-state index is 0.0315. The van der Waals surface area contributed by atoms with Gasteiger partial charge in [0, 0.05) is 47.1 Å². The molecule has 3 heterocycles. The molecule has 9 heteroatoms. The number of H-pyrrole nitrogens is 2. The van der Waals surface area contributed by atoms with Crippen LogP contribution in [0.4, 0.5) is 10.1 Å². The molecule has 0 saturated heterocycles. The van der Waals surface area contributed by atoms with Gasteiger partial charge in [-0.3, -0.25) is 14.9 Å². The molecule has 0 aliphatic rings. The average molecular weight is 591 g/mol. The van der Waals surface area contributed by atoms with Crippen LogP contribution in [0.2, 0.25) is 0 Å². The number of likely N-dealkylation sites (N-methyl/N-ethyl adjacent to an activating group) is 1. The number of nitrogens with zero attached hydrogens (tertiary/aromatic N) is 3. The first kappa shape index (κ1) is 29.1. The van der Waals surface area contributed by atoms with E-state index in [9.17, 15) is 9.18 Å². The largest absolute Gasteiger partial charge is 0.492 e. The Morgan fingerprint density at radius 2 is 1.82 bits per heavy atom. The van der Waals surface area contributed by atoms with Crippen molar-refractivity contribution in [2.75, 3.05) is 32.6 Å². The molecule has 0 aliphatic heterocycles. The summed E-state index contributed by atoms with van der Waals surface area (Å²) in [5.41, 5.74) is 7.54. The van der Waals surface area contributed by atoms with E-state index in [0.717, 1.165) is 62.0 Å². The Bertz CT molecular complexity index is 1960. The first-order valence-electron chi connectivity index (χ1n) is 14.7. The Labute approximate surface area is 255 Å². The molecule has 0 spiro atoms. The van der Waals surface area contributed by atoms with Gasteiger partial charge in [-0.2, -0.15) is 5.10 Å². The van der Waals surface area contributed by atoms with Gasteiger partial charge in [-0.05, 0) is 79.2 Å². The summed E-state index contributed by atoms with van der Waals surface area (Å²) in [5.74, 6) is 0.390. The van der Waals surface area contributed by atoms with Crippen LogP contribution in [0.25, 0.3) is 55.4 Å². The van der Waals surface area contributed by atoms with Crippen LogP contribution in [0, 0.1) is 11.7 Å². The highest BCUT2D eigenvalue weighted by atomic mass is 19.1. The number of anilines is 1. The van der Waals surface area contributed by atoms with E-state index < -0.39 is 0 Å². The topological polar surface area (TPSA) is 98.9 Å². The summed E-state index contributed by atoms with van der Waals surface area (Å²) >= 11 is 0. The van der Waals surface area contributed by atoms with Crippen molar-refractivity contribution in [1.82, 2.24) is 25.1 Å². The van der Waals surface area contributed by atoms with Gasteiger partial charge in [-0.25, -0.2) is 4.39 Å². The molecular weight excluding hydrogens is 555 g/mol. The van der Waals surface area contributed by atoms with E-state index in [2.05, 4.69) is 37.6 Å². The molecule has 0 unspecified atom stereocenters. The average Bonchev–Trinajstić information content (AvgIpc) is 3.60. The van der Waals surface area contributed by atoms with Crippen LogP contribution in [-0.4, -0.2) is 58.2 Å². The fourth-order valence-electron chi connectivity index (χ4n) is 5.33. The molecule has 0 fully saturated rings. The Balaban J connectivity index is 1.33. The molecule has 44 heavy (non-hydrogen) atoms. The maximum absolute atomic E-state index is 14.7. The highest BCUT2D eigenvalue weighted by Gasteiger charge is 2.16. The number of hydrogen-bond acceptors (Lipinski definition) is 5. The highest BCUT2D eigenvalue weighted by molar-refractivity contribution is 6.02. The summed E-state index contributed by atoms with van der Waals surface area (Å²) in [4.78, 5) is 22.2. The molecule has 0 atom stereocenters. The van der Waals surface area contributed by atoms with Crippen molar-refractivity contribution in [2.24, 2.45) is 5.92 Å². The summed E-state index contributed by atoms with van der Waals surface area (Å²) in [7, 11) is 3.94. The minimum atomic E-state index is -0.348. The molecule has 1 amide bonds. The summed E-state index contributed by atoms with van der Waals surface area (Å²) in [5, 5.41) is 12.6. The second-order valence-corrected chi connectivity index (χ2v) is 11.7. The van der Waals surface area contributed by atoms with Gasteiger partial charge in [0.2, 0.25) is 5.91 Å². The number of halogens is 1. The standard InChI is InChI=1S/C35H35FN6O2/c1-21(2)12-34(43)38-26-14-24(19-37-20-26)22-8-9-32-30(16-22)35(41-40-32)33-18-29-28(6-5-7-31(29)39-33)23-13-25(36)17-27(15-23)44-11-10-42(3)4/h5-9,13-21,39H,10-12H2,1-4H3,(H,38,43)(H,40,41). The molecule has 0 saturated carbocycles. The van der Waals surface area contributed by atoms with Crippen molar-refractivity contribution in [2.45, 2.75) is 20.3 Å². The second-order valence-electron chi connectivity index (χ2n) is 11.7. The number of pyridine rings is 1. The van der Waals surface area contributed by atoms with E-state index in [1.54, 1.807) is 12.4 Å². The molecule has 0 aliphatic carbocycles. The van der Waals surface area contributed by atoms with Crippen molar-refractivity contribution in [3.8, 4) is 39.4 Å². The van der Waals surface area contributed by atoms with Crippen molar-refractivity contribution in [3.63, 3.8) is 0 Å². The van der Waals surface area contributed by atoms with E-state index in [4.69, 9.17) is 4.74 Å². The lowest BCUT2D eigenvalue weighted by Gasteiger charge is -2.12. The van der Waals surface area contributed by atoms with Crippen LogP contribution in [0.1, 0.15) is 20.3 Å². The number of aromatic nitrogens is 4. The fourth-order valence-corrected chi connectivity index (χ4v) is 5.33. The van der Waals surface area contributed by atoms with Gasteiger partial charge in [0.1, 0.15) is 23.9 Å². The van der Waals surface area contributed by atoms with Gasteiger partial charge in [0.15, 0.2) is 0 Å². The fraction of sp³-hybridized carbons (Fsp3) is 0.229. The first-order chi connectivity index (χ1) is 21.2. The lowest BCUT2D eigenvalue weighted by molar-refractivity contribution is -0.116. The van der Waals surface area contributed by atoms with Gasteiger partial charge < -0.3 is 19.9 Å². The maximum Gasteiger partial charge on any atom is 0.224 e. The van der Waals surface area contributed by atoms with Crippen LogP contribution in [0.15, 0.2) is 79.1 Å². The first-order valence-corrected chi connectivity index (χ1v) is 14.7. The SMILES string of the molecule is CC(C)CC(=O)Nc1cncc(-c2ccc3[nH]nc(-c4cc5c(-c6cc(F)cc(OCCN(C)C)c6)cccc5[nH]4)c3c2)c1. The lowest BCUT2D eigenvalue weighted by Crippen LogP contribution is -2.19. The predicted molar refractivity (Wildman–Crippen MR) is 174 cm³/mol. The number of carbonyl (C=O) groups is 1. The van der Waals surface area contributed by atoms with Crippen LogP contribution < -0.4 is 10.1 Å². The van der Waals surface area contributed by atoms with Crippen LogP contribution in [0.5, 0.6) is 5.75 Å². The molecule has 3 N–H and O–H groups in total. The zero-order valence-corrected chi connectivity index (χ0v) is 25.2. The quantitative estimate of drug-likeness (QED) is 0.153. The van der Waals surface area contributed by atoms with Crippen molar-refractivity contribution in [1.29, 1.82) is 0 Å². The number of benzene rings is 3. The molecule has 0 radical (unpaired) electrons. The van der Waals surface area contributed by atoms with Gasteiger partial charge in [0.05, 0.1) is 23.1 Å². The maximum atomic E-state index is 14.7. The van der Waals surface area contributed by atoms with Gasteiger partial charge >= 0.3 is 0 Å². The molecule has 0 bridgehead atoms. The third kappa shape index (κ3) is 6.33. The van der Waals surface area contributed by atoms with Gasteiger partial charge in [-0.15, -0.1) is 0 Å². The van der Waals surface area contributed by atoms with Gasteiger partial charge in [0.25, 0.3) is 0 Å². The Morgan fingerprint density at radius 1 is 0.955 bits per heavy atom. The van der Waals surface area contributed by atoms with Crippen molar-refractivity contribution < 1.29 is 13.9 Å². The number of ether oxygens (including phenoxy) is 1. The molecule has 3 aromatic carbocycles. The highest BCUT2D eigenvalue weighted by Crippen LogP contribution is 2.36. The van der Waals surface area contributed by atoms with Crippen molar-refractivity contribution >= 4 is 33.4 Å². The van der Waals surface area contributed by atoms with Gasteiger partial charge in [-0.1, -0.05) is 32.0 Å². The number of amides is 1. The van der Waals surface area contributed by atoms with Crippen LogP contribution in [-0.2, 0) is 4.79 Å². The summed E-state index contributed by atoms with van der Waals surface area (Å²) in [6, 6.07) is 20.8. The second kappa shape index (κ2) is 12.3. The Hall–Kier alpha value is -5.02. The normalized spacial score (nSPS) is 11.6. The molecular formula is C35H35FN6O2. The molecule has 3 aromatic heterocycles. The van der Waals surface area contributed by atoms with E-state index in [-0.39, 0.29) is 17.6 Å². The number of hydrogen-bond donors (Lipinski definition) is 3. The molecule has 224 valence electrons. The van der Waals surface area contributed by atoms with Crippen LogP contribution in [0.3, 0.4) is 0 Å². The number of fused-ring (bicyclic) bond motifs is 2. The zero-order valence-electron chi connectivity index (χ0n) is 25.2. The third-order valence-corrected chi connectivity index (χ3v) is 7.42. The van der Waals surface area contributed by atoms with Crippen molar-refractivity contribution in [3.05, 3.63) is 84.9 Å². The lowest BCUT2D eigenvalue weighted by atomic mass is 10.0. The molecule has 8 nitrogen and oxygen atoms in total. The zero-order chi connectivity index (χ0) is 30.8. The minimum Gasteiger partial charge on any atom is -0.492 e. The third-order valence-electron chi connectivity index (χ3n) is 7.42. The smallest absolute Gasteiger partial charge is 0.224 e. The summed E-state index contributed by atoms with van der Waals surface area (Å²) < 4.78 is 20.5. The van der Waals surface area contributed by atoms with E-state index in [1.807, 2.05) is 75.3 Å². The number of carbonyl (C=O) groups excluding carboxylic acids is 1. The Kier molecular flexibility index (Phi) is 8.13. The predicted octanol–water partition coefficient (Wildman–Crippen LogP) is 7.50. The molecule has 6 rings (SSSR count). The summed E-state index contributed by atoms with van der Waals surface area (Å²) in [6.07, 6.45) is 3.89. The van der Waals surface area contributed by atoms with Crippen LogP contribution >= 0.6 is 0 Å². The van der Waals surface area contributed by atoms with E-state index in [0.29, 0.717) is 24.5 Å². The van der Waals surface area contributed by atoms with E-state index >= 15 is 0 Å². The number of nitrogens with one attached hydrogen (secondary N) is 3. The number of rotatable bonds is 10. The monoisotopic (exact) mass is 590 g/mol. The number of aromatic amines is 2.